The minimum absolute atomic E-state index is 0.258. The van der Waals surface area contributed by atoms with E-state index in [0.29, 0.717) is 6.42 Å². The van der Waals surface area contributed by atoms with Crippen LogP contribution in [-0.4, -0.2) is 13.1 Å². The highest BCUT2D eigenvalue weighted by atomic mass is 16.5. The Kier molecular flexibility index (Phi) is 4.97. The molecule has 0 N–H and O–H groups in total. The molecule has 2 nitrogen and oxygen atoms in total. The second kappa shape index (κ2) is 6.26. The Bertz CT molecular complexity index is 504. The van der Waals surface area contributed by atoms with Gasteiger partial charge in [-0.25, -0.2) is 0 Å². The molecular formula is C16H20O2. The fourth-order valence-electron chi connectivity index (χ4n) is 1.73. The molecule has 0 bridgehead atoms. The van der Waals surface area contributed by atoms with Gasteiger partial charge in [-0.1, -0.05) is 24.8 Å². The van der Waals surface area contributed by atoms with E-state index in [9.17, 15) is 4.79 Å². The average Bonchev–Trinajstić information content (AvgIpc) is 2.35. The number of hydrogen-bond donors (Lipinski definition) is 0. The molecule has 0 saturated carbocycles. The van der Waals surface area contributed by atoms with E-state index in [1.54, 1.807) is 0 Å². The Hall–Kier alpha value is -1.75. The topological polar surface area (TPSA) is 26.3 Å². The molecule has 96 valence electrons. The zero-order valence-electron chi connectivity index (χ0n) is 11.8. The molecule has 0 heterocycles. The molecule has 0 aliphatic rings. The van der Waals surface area contributed by atoms with Gasteiger partial charge in [-0.2, -0.15) is 0 Å². The Morgan fingerprint density at radius 2 is 1.83 bits per heavy atom. The molecule has 1 aromatic rings. The van der Waals surface area contributed by atoms with Crippen LogP contribution < -0.4 is 0 Å². The smallest absolute Gasteiger partial charge is 0.320 e. The Morgan fingerprint density at radius 3 is 2.39 bits per heavy atom. The predicted molar refractivity (Wildman–Crippen MR) is 73.3 cm³/mol. The van der Waals surface area contributed by atoms with E-state index in [1.807, 2.05) is 13.8 Å². The standard InChI is InChI=1S/C16H20O2/c1-6-14(16(17)18-5)7-8-15-10-12(3)11(2)9-13(15)4/h9-10,14H,6H2,1-5H3. The number of carbonyl (C=O) groups excluding carboxylic acids is 1. The molecular weight excluding hydrogens is 224 g/mol. The van der Waals surface area contributed by atoms with Crippen LogP contribution in [0.5, 0.6) is 0 Å². The van der Waals surface area contributed by atoms with Crippen molar-refractivity contribution in [3.8, 4) is 11.8 Å². The summed E-state index contributed by atoms with van der Waals surface area (Å²) in [5.74, 6) is 5.50. The summed E-state index contributed by atoms with van der Waals surface area (Å²) in [5.41, 5.74) is 4.61. The van der Waals surface area contributed by atoms with Gasteiger partial charge in [-0.05, 0) is 49.9 Å². The number of carbonyl (C=O) groups is 1. The van der Waals surface area contributed by atoms with Gasteiger partial charge in [0.25, 0.3) is 0 Å². The van der Waals surface area contributed by atoms with Crippen molar-refractivity contribution in [1.29, 1.82) is 0 Å². The van der Waals surface area contributed by atoms with Gasteiger partial charge in [0.1, 0.15) is 5.92 Å². The van der Waals surface area contributed by atoms with Gasteiger partial charge in [0.05, 0.1) is 7.11 Å². The van der Waals surface area contributed by atoms with Crippen molar-refractivity contribution in [3.63, 3.8) is 0 Å². The Morgan fingerprint density at radius 1 is 1.22 bits per heavy atom. The summed E-state index contributed by atoms with van der Waals surface area (Å²) in [6.07, 6.45) is 0.670. The van der Waals surface area contributed by atoms with Gasteiger partial charge < -0.3 is 4.74 Å². The molecule has 0 aromatic heterocycles. The zero-order valence-corrected chi connectivity index (χ0v) is 11.8. The van der Waals surface area contributed by atoms with Crippen molar-refractivity contribution < 1.29 is 9.53 Å². The van der Waals surface area contributed by atoms with E-state index in [4.69, 9.17) is 4.74 Å². The summed E-state index contributed by atoms with van der Waals surface area (Å²) in [6, 6.07) is 4.19. The van der Waals surface area contributed by atoms with Crippen LogP contribution in [0.1, 0.15) is 35.6 Å². The molecule has 1 unspecified atom stereocenters. The van der Waals surface area contributed by atoms with Crippen molar-refractivity contribution in [1.82, 2.24) is 0 Å². The van der Waals surface area contributed by atoms with Crippen LogP contribution in [0, 0.1) is 38.5 Å². The summed E-state index contributed by atoms with van der Waals surface area (Å²) < 4.78 is 4.72. The third-order valence-corrected chi connectivity index (χ3v) is 3.12. The Labute approximate surface area is 109 Å². The second-order valence-corrected chi connectivity index (χ2v) is 4.50. The first-order valence-corrected chi connectivity index (χ1v) is 6.16. The monoisotopic (exact) mass is 244 g/mol. The minimum atomic E-state index is -0.337. The number of hydrogen-bond acceptors (Lipinski definition) is 2. The maximum atomic E-state index is 11.4. The molecule has 2 heteroatoms. The van der Waals surface area contributed by atoms with Crippen LogP contribution in [-0.2, 0) is 9.53 Å². The second-order valence-electron chi connectivity index (χ2n) is 4.50. The van der Waals surface area contributed by atoms with E-state index >= 15 is 0 Å². The summed E-state index contributed by atoms with van der Waals surface area (Å²) in [6.45, 7) is 8.12. The predicted octanol–water partition coefficient (Wildman–Crippen LogP) is 3.16. The van der Waals surface area contributed by atoms with Crippen molar-refractivity contribution >= 4 is 5.97 Å². The van der Waals surface area contributed by atoms with Crippen LogP contribution in [0.15, 0.2) is 12.1 Å². The lowest BCUT2D eigenvalue weighted by Gasteiger charge is -2.06. The molecule has 0 fully saturated rings. The normalized spacial score (nSPS) is 11.4. The minimum Gasteiger partial charge on any atom is -0.468 e. The Balaban J connectivity index is 3.04. The zero-order chi connectivity index (χ0) is 13.7. The third kappa shape index (κ3) is 3.37. The summed E-state index contributed by atoms with van der Waals surface area (Å²) in [5, 5.41) is 0. The molecule has 0 radical (unpaired) electrons. The van der Waals surface area contributed by atoms with Crippen LogP contribution in [0.25, 0.3) is 0 Å². The van der Waals surface area contributed by atoms with Gasteiger partial charge in [0, 0.05) is 5.56 Å². The molecule has 18 heavy (non-hydrogen) atoms. The third-order valence-electron chi connectivity index (χ3n) is 3.12. The SMILES string of the molecule is CCC(C#Cc1cc(C)c(C)cc1C)C(=O)OC. The van der Waals surface area contributed by atoms with Gasteiger partial charge in [-0.3, -0.25) is 4.79 Å². The lowest BCUT2D eigenvalue weighted by molar-refractivity contribution is -0.143. The summed E-state index contributed by atoms with van der Waals surface area (Å²) in [4.78, 5) is 11.4. The maximum Gasteiger partial charge on any atom is 0.320 e. The number of methoxy groups -OCH3 is 1. The number of aryl methyl sites for hydroxylation is 3. The molecule has 1 aromatic carbocycles. The first kappa shape index (κ1) is 14.3. The highest BCUT2D eigenvalue weighted by Gasteiger charge is 2.13. The number of benzene rings is 1. The molecule has 0 spiro atoms. The van der Waals surface area contributed by atoms with Gasteiger partial charge >= 0.3 is 5.97 Å². The number of ether oxygens (including phenoxy) is 1. The number of esters is 1. The van der Waals surface area contributed by atoms with E-state index in [0.717, 1.165) is 11.1 Å². The summed E-state index contributed by atoms with van der Waals surface area (Å²) >= 11 is 0. The fourth-order valence-corrected chi connectivity index (χ4v) is 1.73. The lowest BCUT2D eigenvalue weighted by Crippen LogP contribution is -2.13. The first-order chi connectivity index (χ1) is 8.49. The van der Waals surface area contributed by atoms with E-state index in [1.165, 1.54) is 18.2 Å². The average molecular weight is 244 g/mol. The molecule has 0 amide bonds. The van der Waals surface area contributed by atoms with Crippen molar-refractivity contribution in [2.24, 2.45) is 5.92 Å². The highest BCUT2D eigenvalue weighted by molar-refractivity contribution is 5.75. The van der Waals surface area contributed by atoms with Crippen LogP contribution in [0.3, 0.4) is 0 Å². The molecule has 1 rings (SSSR count). The molecule has 1 atom stereocenters. The maximum absolute atomic E-state index is 11.4. The van der Waals surface area contributed by atoms with Crippen LogP contribution in [0.4, 0.5) is 0 Å². The van der Waals surface area contributed by atoms with Gasteiger partial charge in [0.15, 0.2) is 0 Å². The van der Waals surface area contributed by atoms with Gasteiger partial charge in [0.2, 0.25) is 0 Å². The first-order valence-electron chi connectivity index (χ1n) is 6.16. The molecule has 0 aliphatic carbocycles. The quantitative estimate of drug-likeness (QED) is 0.590. The van der Waals surface area contributed by atoms with Crippen molar-refractivity contribution in [2.45, 2.75) is 34.1 Å². The van der Waals surface area contributed by atoms with Crippen molar-refractivity contribution in [2.75, 3.05) is 7.11 Å². The highest BCUT2D eigenvalue weighted by Crippen LogP contribution is 2.14. The van der Waals surface area contributed by atoms with Crippen molar-refractivity contribution in [3.05, 3.63) is 34.4 Å². The van der Waals surface area contributed by atoms with Gasteiger partial charge in [-0.15, -0.1) is 0 Å². The van der Waals surface area contributed by atoms with E-state index in [-0.39, 0.29) is 11.9 Å². The van der Waals surface area contributed by atoms with Crippen LogP contribution in [0.2, 0.25) is 0 Å². The largest absolute Gasteiger partial charge is 0.468 e. The fraction of sp³-hybridized carbons (Fsp3) is 0.438. The number of rotatable bonds is 2. The van der Waals surface area contributed by atoms with Crippen LogP contribution >= 0.6 is 0 Å². The molecule has 0 aliphatic heterocycles. The lowest BCUT2D eigenvalue weighted by atomic mass is 10.00. The van der Waals surface area contributed by atoms with E-state index < -0.39 is 0 Å². The molecule has 0 saturated heterocycles. The summed E-state index contributed by atoms with van der Waals surface area (Å²) in [7, 11) is 1.40. The van der Waals surface area contributed by atoms with E-state index in [2.05, 4.69) is 37.8 Å².